The van der Waals surface area contributed by atoms with Crippen molar-refractivity contribution in [3.05, 3.63) is 59.7 Å². The van der Waals surface area contributed by atoms with Crippen LogP contribution in [0.1, 0.15) is 84.8 Å². The number of carbonyl (C=O) groups is 11. The topological polar surface area (TPSA) is 432 Å². The molecule has 27 heteroatoms. The van der Waals surface area contributed by atoms with Crippen LogP contribution in [-0.2, 0) is 65.5 Å². The Kier molecular flexibility index (Phi) is 26.6. The lowest BCUT2D eigenvalue weighted by Gasteiger charge is -2.28. The number of aliphatic carboxylic acids is 2. The molecule has 420 valence electrons. The van der Waals surface area contributed by atoms with E-state index in [-0.39, 0.29) is 37.3 Å². The zero-order valence-corrected chi connectivity index (χ0v) is 43.2. The van der Waals surface area contributed by atoms with Crippen LogP contribution in [0.15, 0.2) is 48.5 Å². The van der Waals surface area contributed by atoms with E-state index in [9.17, 15) is 78.3 Å². The molecule has 16 N–H and O–H groups in total. The number of hydrogen-bond acceptors (Lipinski definition) is 16. The van der Waals surface area contributed by atoms with E-state index in [4.69, 9.17) is 10.5 Å². The molecule has 27 nitrogen and oxygen atoms in total. The van der Waals surface area contributed by atoms with E-state index in [0.29, 0.717) is 30.4 Å². The number of aromatic hydroxyl groups is 2. The number of nitrogens with two attached hydrogens (primary N) is 1. The molecule has 0 radical (unpaired) electrons. The third kappa shape index (κ3) is 23.9. The number of aliphatic hydroxyl groups excluding tert-OH is 1. The van der Waals surface area contributed by atoms with Gasteiger partial charge in [0.1, 0.15) is 59.4 Å². The fourth-order valence-corrected chi connectivity index (χ4v) is 6.88. The predicted molar refractivity (Wildman–Crippen MR) is 269 cm³/mol. The highest BCUT2D eigenvalue weighted by Crippen LogP contribution is 2.15. The van der Waals surface area contributed by atoms with Crippen LogP contribution in [0.2, 0.25) is 0 Å². The molecule has 0 unspecified atom stereocenters. The van der Waals surface area contributed by atoms with Gasteiger partial charge in [-0.05, 0) is 94.8 Å². The van der Waals surface area contributed by atoms with Gasteiger partial charge in [-0.15, -0.1) is 0 Å². The molecule has 2 aromatic carbocycles. The van der Waals surface area contributed by atoms with Gasteiger partial charge in [0.2, 0.25) is 47.3 Å². The second-order valence-corrected chi connectivity index (χ2v) is 18.7. The highest BCUT2D eigenvalue weighted by molar-refractivity contribution is 5.98. The highest BCUT2D eigenvalue weighted by atomic mass is 16.6. The minimum Gasteiger partial charge on any atom is -0.508 e. The van der Waals surface area contributed by atoms with E-state index in [2.05, 4.69) is 47.9 Å². The van der Waals surface area contributed by atoms with Gasteiger partial charge in [-0.2, -0.15) is 0 Å². The maximum atomic E-state index is 13.6. The van der Waals surface area contributed by atoms with Crippen molar-refractivity contribution in [3.8, 4) is 11.5 Å². The Hall–Kier alpha value is -8.07. The Balaban J connectivity index is 2.12. The Labute approximate surface area is 438 Å². The van der Waals surface area contributed by atoms with Crippen molar-refractivity contribution < 1.29 is 83.0 Å². The molecule has 76 heavy (non-hydrogen) atoms. The smallest absolute Gasteiger partial charge is 0.408 e. The summed E-state index contributed by atoms with van der Waals surface area (Å²) in [5, 5.41) is 69.9. The lowest BCUT2D eigenvalue weighted by atomic mass is 9.98. The number of rotatable bonds is 31. The quantitative estimate of drug-likeness (QED) is 0.0352. The molecule has 2 rings (SSSR count). The van der Waals surface area contributed by atoms with Crippen molar-refractivity contribution in [3.63, 3.8) is 0 Å². The molecule has 0 aliphatic carbocycles. The van der Waals surface area contributed by atoms with E-state index in [0.717, 1.165) is 0 Å². The van der Waals surface area contributed by atoms with Crippen LogP contribution in [-0.4, -0.2) is 165 Å². The van der Waals surface area contributed by atoms with E-state index in [1.807, 2.05) is 0 Å². The van der Waals surface area contributed by atoms with E-state index >= 15 is 0 Å². The number of carboxylic acid groups (broad SMARTS) is 2. The number of nitrogens with one attached hydrogen (secondary N) is 9. The molecule has 2 aromatic rings. The molecule has 9 amide bonds. The molecule has 0 heterocycles. The summed E-state index contributed by atoms with van der Waals surface area (Å²) in [4.78, 5) is 143. The Bertz CT molecular complexity index is 2330. The molecule has 0 spiro atoms. The average molecular weight is 1070 g/mol. The number of unbranched alkanes of at least 4 members (excludes halogenated alkanes) is 1. The van der Waals surface area contributed by atoms with Gasteiger partial charge in [0.25, 0.3) is 0 Å². The summed E-state index contributed by atoms with van der Waals surface area (Å²) in [5.74, 6) is -11.5. The van der Waals surface area contributed by atoms with Gasteiger partial charge >= 0.3 is 18.0 Å². The van der Waals surface area contributed by atoms with Gasteiger partial charge in [-0.25, -0.2) is 9.59 Å². The van der Waals surface area contributed by atoms with E-state index < -0.39 is 145 Å². The molecular weight excluding hydrogens is 1000 g/mol. The molecule has 8 atom stereocenters. The number of ether oxygens (including phenoxy) is 1. The fourth-order valence-electron chi connectivity index (χ4n) is 6.88. The summed E-state index contributed by atoms with van der Waals surface area (Å²) in [6.07, 6.45) is -1.15. The normalized spacial score (nSPS) is 14.2. The summed E-state index contributed by atoms with van der Waals surface area (Å²) in [6, 6.07) is 0.510. The maximum Gasteiger partial charge on any atom is 0.408 e. The first-order valence-electron chi connectivity index (χ1n) is 24.3. The van der Waals surface area contributed by atoms with Crippen molar-refractivity contribution in [2.75, 3.05) is 26.2 Å². The molecule has 0 aromatic heterocycles. The van der Waals surface area contributed by atoms with Crippen molar-refractivity contribution in [1.82, 2.24) is 47.9 Å². The summed E-state index contributed by atoms with van der Waals surface area (Å²) in [5.41, 5.74) is 5.44. The second-order valence-electron chi connectivity index (χ2n) is 18.7. The van der Waals surface area contributed by atoms with Gasteiger partial charge in [0.05, 0.1) is 26.1 Å². The Morgan fingerprint density at radius 3 is 1.54 bits per heavy atom. The Morgan fingerprint density at radius 1 is 0.579 bits per heavy atom. The molecule has 0 saturated carbocycles. The van der Waals surface area contributed by atoms with Crippen molar-refractivity contribution in [1.29, 1.82) is 0 Å². The maximum absolute atomic E-state index is 13.6. The zero-order chi connectivity index (χ0) is 57.3. The number of benzene rings is 2. The van der Waals surface area contributed by atoms with Gasteiger partial charge in [-0.3, -0.25) is 43.2 Å². The predicted octanol–water partition coefficient (Wildman–Crippen LogP) is -2.34. The van der Waals surface area contributed by atoms with Crippen LogP contribution < -0.4 is 53.6 Å². The zero-order valence-electron chi connectivity index (χ0n) is 43.2. The van der Waals surface area contributed by atoms with Crippen LogP contribution >= 0.6 is 0 Å². The van der Waals surface area contributed by atoms with Gasteiger partial charge in [0.15, 0.2) is 0 Å². The van der Waals surface area contributed by atoms with Crippen molar-refractivity contribution >= 4 is 65.3 Å². The summed E-state index contributed by atoms with van der Waals surface area (Å²) >= 11 is 0. The summed E-state index contributed by atoms with van der Waals surface area (Å²) < 4.78 is 5.27. The number of carboxylic acids is 2. The third-order valence-electron chi connectivity index (χ3n) is 11.2. The van der Waals surface area contributed by atoms with Crippen LogP contribution in [0.5, 0.6) is 11.5 Å². The van der Waals surface area contributed by atoms with Crippen molar-refractivity contribution in [2.45, 2.75) is 134 Å². The average Bonchev–Trinajstić information content (AvgIpc) is 3.34. The fraction of sp³-hybridized carbons (Fsp3) is 0.531. The Morgan fingerprint density at radius 2 is 1.05 bits per heavy atom. The van der Waals surface area contributed by atoms with Crippen LogP contribution in [0.3, 0.4) is 0 Å². The number of hydrogen-bond donors (Lipinski definition) is 15. The van der Waals surface area contributed by atoms with E-state index in [1.165, 1.54) is 55.5 Å². The number of alkyl carbamates (subject to hydrolysis) is 1. The van der Waals surface area contributed by atoms with Gasteiger partial charge in [-0.1, -0.05) is 44.5 Å². The summed E-state index contributed by atoms with van der Waals surface area (Å²) in [7, 11) is 0. The molecule has 0 aliphatic heterocycles. The number of amides is 9. The van der Waals surface area contributed by atoms with Gasteiger partial charge < -0.3 is 83.9 Å². The first-order chi connectivity index (χ1) is 35.7. The molecule has 0 bridgehead atoms. The highest BCUT2D eigenvalue weighted by Gasteiger charge is 2.34. The molecular formula is C49H72N10O17. The second kappa shape index (κ2) is 31.6. The van der Waals surface area contributed by atoms with Crippen molar-refractivity contribution in [2.24, 2.45) is 11.7 Å². The number of phenols is 2. The minimum absolute atomic E-state index is 0.00220. The number of phenolic OH excluding ortho intramolecular Hbond substituents is 2. The van der Waals surface area contributed by atoms with Crippen LogP contribution in [0, 0.1) is 5.92 Å². The first kappa shape index (κ1) is 64.0. The minimum atomic E-state index is -1.84. The van der Waals surface area contributed by atoms with Crippen LogP contribution in [0.25, 0.3) is 0 Å². The lowest BCUT2D eigenvalue weighted by Crippen LogP contribution is -2.59. The molecule has 0 saturated heterocycles. The van der Waals surface area contributed by atoms with Gasteiger partial charge in [0, 0.05) is 12.8 Å². The standard InChI is InChI=1S/C49H72N10O17/c1-7-26(2)40(59-48(75)76-49(4,5)6)46(72)58-36(25-60)45(71)56-33(20-28-11-15-30(61)16-12-28)42(68)52-23-37(63)51-24-38(64)53-27(3)41(67)55-35(22-39(65)66)44(70)57-34(21-29-13-17-31(62)18-14-29)43(69)54-32(47(73)74)10-8-9-19-50/h11-18,26-27,32-36,40,60-62H,7-10,19-25,50H2,1-6H3,(H,51,63)(H,52,68)(H,53,64)(H,54,69)(H,55,67)(H,56,71)(H,57,70)(H,58,72)(H,59,75)(H,65,66)(H,73,74)/t26-,27-,32-,33-,34-,35-,36-,40-/m0/s1. The third-order valence-corrected chi connectivity index (χ3v) is 11.2. The van der Waals surface area contributed by atoms with Crippen LogP contribution in [0.4, 0.5) is 4.79 Å². The molecule has 0 aliphatic rings. The monoisotopic (exact) mass is 1070 g/mol. The number of aliphatic hydroxyl groups is 1. The molecule has 0 fully saturated rings. The number of carbonyl (C=O) groups excluding carboxylic acids is 9. The largest absolute Gasteiger partial charge is 0.508 e. The first-order valence-corrected chi connectivity index (χ1v) is 24.3. The lowest BCUT2D eigenvalue weighted by molar-refractivity contribution is -0.143. The van der Waals surface area contributed by atoms with E-state index in [1.54, 1.807) is 34.6 Å². The summed E-state index contributed by atoms with van der Waals surface area (Å²) in [6.45, 7) is 7.28. The SMILES string of the molecule is CC[C@H](C)[C@H](NC(=O)OC(C)(C)C)C(=O)N[C@@H](CO)C(=O)N[C@@H](Cc1ccc(O)cc1)C(=O)NCC(=O)NCC(=O)N[C@@H](C)C(=O)N[C@@H](CC(=O)O)C(=O)N[C@@H](Cc1ccc(O)cc1)C(=O)N[C@@H](CCCCN)C(=O)O.